The predicted molar refractivity (Wildman–Crippen MR) is 68.8 cm³/mol. The normalized spacial score (nSPS) is 11.1. The van der Waals surface area contributed by atoms with E-state index in [0.717, 1.165) is 6.07 Å². The van der Waals surface area contributed by atoms with Crippen LogP contribution in [0.5, 0.6) is 5.75 Å². The summed E-state index contributed by atoms with van der Waals surface area (Å²) >= 11 is 3.08. The van der Waals surface area contributed by atoms with Crippen LogP contribution in [-0.4, -0.2) is 14.8 Å². The maximum absolute atomic E-state index is 13.5. The Morgan fingerprint density at radius 3 is 2.79 bits per heavy atom. The molecule has 0 radical (unpaired) electrons. The van der Waals surface area contributed by atoms with Crippen LogP contribution in [0.1, 0.15) is 25.7 Å². The molecule has 0 aliphatic rings. The average Bonchev–Trinajstić information content (AvgIpc) is 2.80. The summed E-state index contributed by atoms with van der Waals surface area (Å²) in [7, 11) is 0. The monoisotopic (exact) mass is 331 g/mol. The van der Waals surface area contributed by atoms with Crippen LogP contribution in [0, 0.1) is 11.6 Å². The Kier molecular flexibility index (Phi) is 4.14. The van der Waals surface area contributed by atoms with Gasteiger partial charge >= 0.3 is 0 Å². The third kappa shape index (κ3) is 3.09. The highest BCUT2D eigenvalue weighted by Gasteiger charge is 2.13. The first-order chi connectivity index (χ1) is 8.99. The Morgan fingerprint density at radius 2 is 2.11 bits per heavy atom. The Hall–Kier alpha value is -1.50. The Labute approximate surface area is 117 Å². The number of aromatic nitrogens is 3. The highest BCUT2D eigenvalue weighted by molar-refractivity contribution is 9.10. The molecule has 2 aromatic rings. The van der Waals surface area contributed by atoms with Gasteiger partial charge in [-0.1, -0.05) is 15.9 Å². The molecule has 0 saturated heterocycles. The first-order valence-electron chi connectivity index (χ1n) is 5.64. The lowest BCUT2D eigenvalue weighted by Crippen LogP contribution is -2.11. The second-order valence-corrected chi connectivity index (χ2v) is 5.12. The number of hydrogen-bond donors (Lipinski definition) is 0. The van der Waals surface area contributed by atoms with Crippen LogP contribution in [0.25, 0.3) is 0 Å². The van der Waals surface area contributed by atoms with Crippen molar-refractivity contribution in [2.75, 3.05) is 0 Å². The molecule has 0 aliphatic carbocycles. The van der Waals surface area contributed by atoms with Gasteiger partial charge in [-0.3, -0.25) is 0 Å². The van der Waals surface area contributed by atoms with Crippen molar-refractivity contribution in [1.82, 2.24) is 14.8 Å². The summed E-state index contributed by atoms with van der Waals surface area (Å²) in [6.07, 6.45) is 1.40. The summed E-state index contributed by atoms with van der Waals surface area (Å²) in [5, 5.41) is 4.03. The molecular formula is C12H12BrF2N3O. The molecular weight excluding hydrogens is 320 g/mol. The number of ether oxygens (including phenoxy) is 1. The fourth-order valence-corrected chi connectivity index (χ4v) is 2.00. The van der Waals surface area contributed by atoms with Crippen molar-refractivity contribution < 1.29 is 13.5 Å². The van der Waals surface area contributed by atoms with Gasteiger partial charge in [-0.15, -0.1) is 0 Å². The molecule has 0 fully saturated rings. The minimum atomic E-state index is -1.01. The standard InChI is InChI=1S/C12H12BrF2N3O/c1-7(2)18-11(16-6-17-18)5-19-10-4-8(13)3-9(14)12(10)15/h3-4,6-7H,5H2,1-2H3. The van der Waals surface area contributed by atoms with Crippen molar-refractivity contribution in [1.29, 1.82) is 0 Å². The van der Waals surface area contributed by atoms with Crippen molar-refractivity contribution >= 4 is 15.9 Å². The van der Waals surface area contributed by atoms with Gasteiger partial charge in [0.05, 0.1) is 0 Å². The van der Waals surface area contributed by atoms with E-state index in [9.17, 15) is 8.78 Å². The van der Waals surface area contributed by atoms with Gasteiger partial charge in [0.15, 0.2) is 17.4 Å². The molecule has 0 saturated carbocycles. The van der Waals surface area contributed by atoms with E-state index in [-0.39, 0.29) is 18.4 Å². The highest BCUT2D eigenvalue weighted by Crippen LogP contribution is 2.26. The van der Waals surface area contributed by atoms with Crippen LogP contribution in [0.4, 0.5) is 8.78 Å². The number of halogens is 3. The van der Waals surface area contributed by atoms with Crippen molar-refractivity contribution in [2.45, 2.75) is 26.5 Å². The molecule has 0 N–H and O–H groups in total. The summed E-state index contributed by atoms with van der Waals surface area (Å²) in [4.78, 5) is 4.03. The van der Waals surface area contributed by atoms with Crippen molar-refractivity contribution in [3.8, 4) is 5.75 Å². The summed E-state index contributed by atoms with van der Waals surface area (Å²) < 4.78 is 34.0. The van der Waals surface area contributed by atoms with Gasteiger partial charge in [0.2, 0.25) is 5.82 Å². The van der Waals surface area contributed by atoms with Crippen LogP contribution in [0.2, 0.25) is 0 Å². The second-order valence-electron chi connectivity index (χ2n) is 4.20. The van der Waals surface area contributed by atoms with Crippen molar-refractivity contribution in [3.05, 3.63) is 40.4 Å². The van der Waals surface area contributed by atoms with Gasteiger partial charge in [0.1, 0.15) is 12.9 Å². The lowest BCUT2D eigenvalue weighted by atomic mass is 10.3. The quantitative estimate of drug-likeness (QED) is 0.805. The molecule has 1 aromatic carbocycles. The zero-order valence-corrected chi connectivity index (χ0v) is 12.0. The van der Waals surface area contributed by atoms with Gasteiger partial charge < -0.3 is 4.74 Å². The van der Waals surface area contributed by atoms with Gasteiger partial charge in [0, 0.05) is 10.5 Å². The Morgan fingerprint density at radius 1 is 1.37 bits per heavy atom. The van der Waals surface area contributed by atoms with E-state index in [1.165, 1.54) is 12.4 Å². The maximum Gasteiger partial charge on any atom is 0.200 e. The van der Waals surface area contributed by atoms with Gasteiger partial charge in [-0.05, 0) is 26.0 Å². The average molecular weight is 332 g/mol. The molecule has 102 valence electrons. The number of hydrogen-bond acceptors (Lipinski definition) is 3. The third-order valence-corrected chi connectivity index (χ3v) is 2.91. The SMILES string of the molecule is CC(C)n1ncnc1COc1cc(Br)cc(F)c1F. The second kappa shape index (κ2) is 5.64. The van der Waals surface area contributed by atoms with Gasteiger partial charge in [-0.25, -0.2) is 14.1 Å². The van der Waals surface area contributed by atoms with Crippen molar-refractivity contribution in [2.24, 2.45) is 0 Å². The Balaban J connectivity index is 2.17. The topological polar surface area (TPSA) is 39.9 Å². The zero-order valence-electron chi connectivity index (χ0n) is 10.4. The smallest absolute Gasteiger partial charge is 0.200 e. The van der Waals surface area contributed by atoms with Crippen LogP contribution >= 0.6 is 15.9 Å². The van der Waals surface area contributed by atoms with E-state index < -0.39 is 11.6 Å². The molecule has 1 heterocycles. The summed E-state index contributed by atoms with van der Waals surface area (Å²) in [5.41, 5.74) is 0. The maximum atomic E-state index is 13.5. The van der Waals surface area contributed by atoms with Crippen LogP contribution in [-0.2, 0) is 6.61 Å². The highest BCUT2D eigenvalue weighted by atomic mass is 79.9. The fraction of sp³-hybridized carbons (Fsp3) is 0.333. The number of nitrogens with zero attached hydrogens (tertiary/aromatic N) is 3. The minimum absolute atomic E-state index is 0.0188. The molecule has 0 amide bonds. The predicted octanol–water partition coefficient (Wildman–Crippen LogP) is 3.48. The summed E-state index contributed by atoms with van der Waals surface area (Å²) in [6, 6.07) is 2.53. The lowest BCUT2D eigenvalue weighted by Gasteiger charge is -2.11. The van der Waals surface area contributed by atoms with Crippen LogP contribution < -0.4 is 4.74 Å². The molecule has 0 bridgehead atoms. The molecule has 1 aromatic heterocycles. The lowest BCUT2D eigenvalue weighted by molar-refractivity contribution is 0.265. The van der Waals surface area contributed by atoms with Crippen molar-refractivity contribution in [3.63, 3.8) is 0 Å². The van der Waals surface area contributed by atoms with Gasteiger partial charge in [0.25, 0.3) is 0 Å². The molecule has 0 atom stereocenters. The molecule has 7 heteroatoms. The van der Waals surface area contributed by atoms with E-state index in [1.807, 2.05) is 13.8 Å². The number of benzene rings is 1. The molecule has 19 heavy (non-hydrogen) atoms. The summed E-state index contributed by atoms with van der Waals surface area (Å²) in [5.74, 6) is -1.59. The van der Waals surface area contributed by atoms with E-state index >= 15 is 0 Å². The Bertz CT molecular complexity index is 586. The first-order valence-corrected chi connectivity index (χ1v) is 6.44. The van der Waals surface area contributed by atoms with Crippen LogP contribution in [0.3, 0.4) is 0 Å². The minimum Gasteiger partial charge on any atom is -0.482 e. The molecule has 2 rings (SSSR count). The van der Waals surface area contributed by atoms with E-state index in [4.69, 9.17) is 4.74 Å². The zero-order chi connectivity index (χ0) is 14.0. The van der Waals surface area contributed by atoms with Crippen LogP contribution in [0.15, 0.2) is 22.9 Å². The van der Waals surface area contributed by atoms with E-state index in [2.05, 4.69) is 26.0 Å². The van der Waals surface area contributed by atoms with E-state index in [0.29, 0.717) is 10.3 Å². The first kappa shape index (κ1) is 13.9. The third-order valence-electron chi connectivity index (χ3n) is 2.45. The molecule has 0 spiro atoms. The van der Waals surface area contributed by atoms with E-state index in [1.54, 1.807) is 4.68 Å². The molecule has 0 aliphatic heterocycles. The van der Waals surface area contributed by atoms with Gasteiger partial charge in [-0.2, -0.15) is 9.49 Å². The molecule has 0 unspecified atom stereocenters. The summed E-state index contributed by atoms with van der Waals surface area (Å²) in [6.45, 7) is 3.90. The number of rotatable bonds is 4. The molecule has 4 nitrogen and oxygen atoms in total. The largest absolute Gasteiger partial charge is 0.482 e. The fourth-order valence-electron chi connectivity index (χ4n) is 1.59.